The van der Waals surface area contributed by atoms with Crippen molar-refractivity contribution in [2.24, 2.45) is 0 Å². The van der Waals surface area contributed by atoms with E-state index in [1.807, 2.05) is 24.3 Å². The number of benzene rings is 1. The van der Waals surface area contributed by atoms with Gasteiger partial charge in [0.1, 0.15) is 0 Å². The molecule has 3 heteroatoms. The van der Waals surface area contributed by atoms with Crippen molar-refractivity contribution in [1.29, 1.82) is 0 Å². The van der Waals surface area contributed by atoms with E-state index >= 15 is 0 Å². The third-order valence-electron chi connectivity index (χ3n) is 3.00. The molecule has 0 amide bonds. The first-order chi connectivity index (χ1) is 8.06. The molecule has 0 saturated carbocycles. The molecule has 0 saturated heterocycles. The Morgan fingerprint density at radius 1 is 1.29 bits per heavy atom. The quantitative estimate of drug-likeness (QED) is 0.746. The van der Waals surface area contributed by atoms with E-state index in [1.165, 1.54) is 0 Å². The molecule has 1 atom stereocenters. The van der Waals surface area contributed by atoms with Gasteiger partial charge in [-0.2, -0.15) is 0 Å². The first-order valence-corrected chi connectivity index (χ1v) is 6.32. The number of hydrogen-bond donors (Lipinski definition) is 2. The second kappa shape index (κ2) is 6.62. The van der Waals surface area contributed by atoms with E-state index in [1.54, 1.807) is 0 Å². The van der Waals surface area contributed by atoms with E-state index in [0.717, 1.165) is 18.5 Å². The van der Waals surface area contributed by atoms with Crippen LogP contribution in [0, 0.1) is 0 Å². The Bertz CT molecular complexity index is 339. The molecule has 0 radical (unpaired) electrons. The summed E-state index contributed by atoms with van der Waals surface area (Å²) in [5.41, 5.74) is 7.36. The van der Waals surface area contributed by atoms with Crippen molar-refractivity contribution in [2.75, 3.05) is 18.8 Å². The van der Waals surface area contributed by atoms with E-state index in [9.17, 15) is 5.11 Å². The van der Waals surface area contributed by atoms with Crippen molar-refractivity contribution in [2.45, 2.75) is 39.3 Å². The number of aliphatic hydroxyl groups excluding tert-OH is 1. The van der Waals surface area contributed by atoms with Gasteiger partial charge in [-0.1, -0.05) is 25.1 Å². The Kier molecular flexibility index (Phi) is 5.45. The lowest BCUT2D eigenvalue weighted by Crippen LogP contribution is -2.35. The SMILES string of the molecule is CCCN(CC(O)c1ccccc1N)C(C)C. The van der Waals surface area contributed by atoms with Crippen LogP contribution in [0.25, 0.3) is 0 Å². The molecule has 1 aromatic carbocycles. The Labute approximate surface area is 104 Å². The van der Waals surface area contributed by atoms with Gasteiger partial charge in [0.05, 0.1) is 6.10 Å². The average Bonchev–Trinajstić information content (AvgIpc) is 2.28. The summed E-state index contributed by atoms with van der Waals surface area (Å²) >= 11 is 0. The van der Waals surface area contributed by atoms with Gasteiger partial charge in [0.15, 0.2) is 0 Å². The Balaban J connectivity index is 2.70. The van der Waals surface area contributed by atoms with Crippen molar-refractivity contribution in [3.63, 3.8) is 0 Å². The van der Waals surface area contributed by atoms with E-state index < -0.39 is 6.10 Å². The predicted molar refractivity (Wildman–Crippen MR) is 72.8 cm³/mol. The molecule has 1 aromatic rings. The maximum absolute atomic E-state index is 10.2. The Hall–Kier alpha value is -1.06. The van der Waals surface area contributed by atoms with Crippen LogP contribution in [0.3, 0.4) is 0 Å². The summed E-state index contributed by atoms with van der Waals surface area (Å²) in [5, 5.41) is 10.2. The molecule has 0 aliphatic heterocycles. The normalized spacial score (nSPS) is 13.3. The highest BCUT2D eigenvalue weighted by atomic mass is 16.3. The van der Waals surface area contributed by atoms with E-state index in [2.05, 4.69) is 25.7 Å². The summed E-state index contributed by atoms with van der Waals surface area (Å²) in [6.45, 7) is 8.09. The number of nitrogens with two attached hydrogens (primary N) is 1. The van der Waals surface area contributed by atoms with E-state index in [-0.39, 0.29) is 0 Å². The molecule has 0 aromatic heterocycles. The second-order valence-electron chi connectivity index (χ2n) is 4.73. The van der Waals surface area contributed by atoms with Crippen LogP contribution in [-0.4, -0.2) is 29.1 Å². The number of rotatable bonds is 6. The van der Waals surface area contributed by atoms with Gasteiger partial charge in [0, 0.05) is 23.8 Å². The molecule has 0 aliphatic rings. The van der Waals surface area contributed by atoms with Gasteiger partial charge in [0.2, 0.25) is 0 Å². The van der Waals surface area contributed by atoms with Gasteiger partial charge in [-0.3, -0.25) is 4.90 Å². The van der Waals surface area contributed by atoms with Gasteiger partial charge in [-0.15, -0.1) is 0 Å². The molecule has 0 heterocycles. The molecule has 3 N–H and O–H groups in total. The fourth-order valence-electron chi connectivity index (χ4n) is 1.98. The van der Waals surface area contributed by atoms with Gasteiger partial charge in [-0.25, -0.2) is 0 Å². The Morgan fingerprint density at radius 2 is 1.94 bits per heavy atom. The molecular formula is C14H24N2O. The second-order valence-corrected chi connectivity index (χ2v) is 4.73. The highest BCUT2D eigenvalue weighted by Crippen LogP contribution is 2.21. The van der Waals surface area contributed by atoms with Crippen LogP contribution in [0.1, 0.15) is 38.9 Å². The Morgan fingerprint density at radius 3 is 2.47 bits per heavy atom. The first kappa shape index (κ1) is 14.0. The molecule has 0 aliphatic carbocycles. The average molecular weight is 236 g/mol. The van der Waals surface area contributed by atoms with Crippen molar-refractivity contribution in [3.8, 4) is 0 Å². The number of anilines is 1. The highest BCUT2D eigenvalue weighted by molar-refractivity contribution is 5.47. The molecule has 0 spiro atoms. The van der Waals surface area contributed by atoms with Crippen LogP contribution in [0.15, 0.2) is 24.3 Å². The highest BCUT2D eigenvalue weighted by Gasteiger charge is 2.16. The smallest absolute Gasteiger partial charge is 0.0936 e. The van der Waals surface area contributed by atoms with Crippen molar-refractivity contribution in [3.05, 3.63) is 29.8 Å². The largest absolute Gasteiger partial charge is 0.398 e. The summed E-state index contributed by atoms with van der Waals surface area (Å²) < 4.78 is 0. The van der Waals surface area contributed by atoms with Crippen LogP contribution in [-0.2, 0) is 0 Å². The summed E-state index contributed by atoms with van der Waals surface area (Å²) in [6, 6.07) is 7.96. The number of para-hydroxylation sites is 1. The van der Waals surface area contributed by atoms with Crippen LogP contribution >= 0.6 is 0 Å². The molecule has 1 rings (SSSR count). The van der Waals surface area contributed by atoms with E-state index in [0.29, 0.717) is 18.3 Å². The first-order valence-electron chi connectivity index (χ1n) is 6.32. The molecule has 17 heavy (non-hydrogen) atoms. The van der Waals surface area contributed by atoms with Crippen LogP contribution in [0.4, 0.5) is 5.69 Å². The minimum absolute atomic E-state index is 0.439. The van der Waals surface area contributed by atoms with Gasteiger partial charge in [0.25, 0.3) is 0 Å². The summed E-state index contributed by atoms with van der Waals surface area (Å²) in [4.78, 5) is 2.27. The van der Waals surface area contributed by atoms with Crippen molar-refractivity contribution >= 4 is 5.69 Å². The number of aliphatic hydroxyl groups is 1. The third kappa shape index (κ3) is 4.02. The minimum Gasteiger partial charge on any atom is -0.398 e. The molecule has 0 fully saturated rings. The molecule has 1 unspecified atom stereocenters. The fraction of sp³-hybridized carbons (Fsp3) is 0.571. The van der Waals surface area contributed by atoms with Gasteiger partial charge in [-0.05, 0) is 32.9 Å². The fourth-order valence-corrected chi connectivity index (χ4v) is 1.98. The number of hydrogen-bond acceptors (Lipinski definition) is 3. The van der Waals surface area contributed by atoms with Gasteiger partial charge < -0.3 is 10.8 Å². The lowest BCUT2D eigenvalue weighted by molar-refractivity contribution is 0.0960. The number of nitrogens with zero attached hydrogens (tertiary/aromatic N) is 1. The molecule has 3 nitrogen and oxygen atoms in total. The summed E-state index contributed by atoms with van der Waals surface area (Å²) in [5.74, 6) is 0. The summed E-state index contributed by atoms with van der Waals surface area (Å²) in [7, 11) is 0. The maximum atomic E-state index is 10.2. The monoisotopic (exact) mass is 236 g/mol. The van der Waals surface area contributed by atoms with Gasteiger partial charge >= 0.3 is 0 Å². The number of nitrogen functional groups attached to an aromatic ring is 1. The van der Waals surface area contributed by atoms with Crippen molar-refractivity contribution in [1.82, 2.24) is 4.90 Å². The predicted octanol–water partition coefficient (Wildman–Crippen LogP) is 2.42. The summed E-state index contributed by atoms with van der Waals surface area (Å²) in [6.07, 6.45) is 0.583. The zero-order valence-corrected chi connectivity index (χ0v) is 11.1. The van der Waals surface area contributed by atoms with Crippen LogP contribution < -0.4 is 5.73 Å². The molecule has 0 bridgehead atoms. The maximum Gasteiger partial charge on any atom is 0.0936 e. The lowest BCUT2D eigenvalue weighted by Gasteiger charge is -2.28. The zero-order chi connectivity index (χ0) is 12.8. The molecular weight excluding hydrogens is 212 g/mol. The molecule has 96 valence electrons. The zero-order valence-electron chi connectivity index (χ0n) is 11.1. The van der Waals surface area contributed by atoms with Crippen LogP contribution in [0.5, 0.6) is 0 Å². The minimum atomic E-state index is -0.509. The van der Waals surface area contributed by atoms with Crippen LogP contribution in [0.2, 0.25) is 0 Å². The topological polar surface area (TPSA) is 49.5 Å². The lowest BCUT2D eigenvalue weighted by atomic mass is 10.1. The third-order valence-corrected chi connectivity index (χ3v) is 3.00. The standard InChI is InChI=1S/C14H24N2O/c1-4-9-16(11(2)3)10-14(17)12-7-5-6-8-13(12)15/h5-8,11,14,17H,4,9-10,15H2,1-3H3. The van der Waals surface area contributed by atoms with E-state index in [4.69, 9.17) is 5.73 Å². The van der Waals surface area contributed by atoms with Crippen molar-refractivity contribution < 1.29 is 5.11 Å².